The van der Waals surface area contributed by atoms with Crippen molar-refractivity contribution in [1.82, 2.24) is 4.98 Å². The minimum absolute atomic E-state index is 0.270. The van der Waals surface area contributed by atoms with Crippen LogP contribution in [0.25, 0.3) is 21.8 Å². The van der Waals surface area contributed by atoms with Crippen molar-refractivity contribution in [2.75, 3.05) is 0 Å². The Hall–Kier alpha value is -2.13. The van der Waals surface area contributed by atoms with E-state index in [2.05, 4.69) is 38.3 Å². The molecule has 3 rings (SSSR count). The molecule has 0 spiro atoms. The number of hydrogen-bond acceptors (Lipinski definition) is 3. The number of aromatic nitrogens is 1. The molecule has 3 aromatic rings. The van der Waals surface area contributed by atoms with Crippen LogP contribution < -0.4 is 0 Å². The van der Waals surface area contributed by atoms with Crippen LogP contribution in [0.5, 0.6) is 5.75 Å². The van der Waals surface area contributed by atoms with Crippen molar-refractivity contribution in [3.8, 4) is 27.6 Å². The fraction of sp³-hybridized carbons (Fsp3) is 0.167. The van der Waals surface area contributed by atoms with Gasteiger partial charge >= 0.3 is 0 Å². The third-order valence-electron chi connectivity index (χ3n) is 3.71. The van der Waals surface area contributed by atoms with Gasteiger partial charge in [0, 0.05) is 16.5 Å². The van der Waals surface area contributed by atoms with Crippen LogP contribution >= 0.6 is 11.3 Å². The van der Waals surface area contributed by atoms with Crippen LogP contribution in [0.1, 0.15) is 16.7 Å². The van der Waals surface area contributed by atoms with Crippen molar-refractivity contribution < 1.29 is 5.11 Å². The number of aryl methyl sites for hydroxylation is 3. The average Bonchev–Trinajstić information content (AvgIpc) is 2.92. The Labute approximate surface area is 128 Å². The van der Waals surface area contributed by atoms with E-state index in [-0.39, 0.29) is 5.75 Å². The summed E-state index contributed by atoms with van der Waals surface area (Å²) < 4.78 is 0. The fourth-order valence-corrected chi connectivity index (χ4v) is 3.22. The van der Waals surface area contributed by atoms with E-state index in [1.165, 1.54) is 22.3 Å². The zero-order valence-corrected chi connectivity index (χ0v) is 13.2. The van der Waals surface area contributed by atoms with Crippen molar-refractivity contribution in [2.45, 2.75) is 20.8 Å². The number of nitrogens with zero attached hydrogens (tertiary/aromatic N) is 1. The lowest BCUT2D eigenvalue weighted by Gasteiger charge is -2.07. The summed E-state index contributed by atoms with van der Waals surface area (Å²) in [6, 6.07) is 11.6. The maximum absolute atomic E-state index is 9.59. The molecule has 1 heterocycles. The summed E-state index contributed by atoms with van der Waals surface area (Å²) in [4.78, 5) is 4.73. The quantitative estimate of drug-likeness (QED) is 0.713. The second-order valence-corrected chi connectivity index (χ2v) is 6.20. The average molecular weight is 295 g/mol. The summed E-state index contributed by atoms with van der Waals surface area (Å²) in [5.74, 6) is 0.270. The number of phenolic OH excluding ortho intramolecular Hbond substituents is 1. The Kier molecular flexibility index (Phi) is 3.52. The first-order valence-corrected chi connectivity index (χ1v) is 7.76. The minimum Gasteiger partial charge on any atom is -0.508 e. The highest BCUT2D eigenvalue weighted by molar-refractivity contribution is 7.13. The lowest BCUT2D eigenvalue weighted by Crippen LogP contribution is -1.89. The van der Waals surface area contributed by atoms with Gasteiger partial charge in [-0.1, -0.05) is 18.2 Å². The van der Waals surface area contributed by atoms with E-state index in [0.29, 0.717) is 0 Å². The Morgan fingerprint density at radius 3 is 2.48 bits per heavy atom. The van der Waals surface area contributed by atoms with Crippen LogP contribution in [-0.4, -0.2) is 10.1 Å². The minimum atomic E-state index is 0.270. The predicted octanol–water partition coefficient (Wildman–Crippen LogP) is 5.11. The van der Waals surface area contributed by atoms with Crippen molar-refractivity contribution >= 4 is 11.3 Å². The zero-order valence-electron chi connectivity index (χ0n) is 12.3. The van der Waals surface area contributed by atoms with Crippen molar-refractivity contribution in [1.29, 1.82) is 0 Å². The Balaban J connectivity index is 2.05. The molecule has 106 valence electrons. The van der Waals surface area contributed by atoms with Gasteiger partial charge in [0.2, 0.25) is 0 Å². The standard InChI is InChI=1S/C18H17NOS/c1-11-7-13(3)16(8-12(11)2)17-10-21-18(19-17)14-5-4-6-15(20)9-14/h4-10,20H,1-3H3. The van der Waals surface area contributed by atoms with Gasteiger partial charge in [-0.3, -0.25) is 0 Å². The SMILES string of the molecule is Cc1cc(C)c(-c2csc(-c3cccc(O)c3)n2)cc1C. The van der Waals surface area contributed by atoms with Gasteiger partial charge in [0.1, 0.15) is 10.8 Å². The highest BCUT2D eigenvalue weighted by Gasteiger charge is 2.10. The van der Waals surface area contributed by atoms with Gasteiger partial charge in [-0.15, -0.1) is 11.3 Å². The molecule has 3 heteroatoms. The largest absolute Gasteiger partial charge is 0.508 e. The second kappa shape index (κ2) is 5.34. The summed E-state index contributed by atoms with van der Waals surface area (Å²) >= 11 is 1.60. The lowest BCUT2D eigenvalue weighted by atomic mass is 9.99. The molecular weight excluding hydrogens is 278 g/mol. The first-order valence-electron chi connectivity index (χ1n) is 6.88. The topological polar surface area (TPSA) is 33.1 Å². The molecule has 1 N–H and O–H groups in total. The Morgan fingerprint density at radius 2 is 1.71 bits per heavy atom. The van der Waals surface area contributed by atoms with Gasteiger partial charge in [-0.2, -0.15) is 0 Å². The zero-order chi connectivity index (χ0) is 15.0. The molecule has 0 aliphatic carbocycles. The number of thiazole rings is 1. The number of rotatable bonds is 2. The van der Waals surface area contributed by atoms with E-state index in [4.69, 9.17) is 4.98 Å². The van der Waals surface area contributed by atoms with Crippen LogP contribution in [0.4, 0.5) is 0 Å². The molecule has 0 radical (unpaired) electrons. The number of phenols is 1. The summed E-state index contributed by atoms with van der Waals surface area (Å²) in [6.45, 7) is 6.38. The van der Waals surface area contributed by atoms with Gasteiger partial charge in [-0.25, -0.2) is 4.98 Å². The first kappa shape index (κ1) is 13.8. The van der Waals surface area contributed by atoms with E-state index >= 15 is 0 Å². The Morgan fingerprint density at radius 1 is 0.952 bits per heavy atom. The van der Waals surface area contributed by atoms with Crippen molar-refractivity contribution in [3.05, 3.63) is 58.5 Å². The molecule has 0 fully saturated rings. The fourth-order valence-electron chi connectivity index (χ4n) is 2.41. The predicted molar refractivity (Wildman–Crippen MR) is 88.9 cm³/mol. The van der Waals surface area contributed by atoms with Crippen LogP contribution in [0.2, 0.25) is 0 Å². The number of benzene rings is 2. The van der Waals surface area contributed by atoms with Gasteiger partial charge in [0.15, 0.2) is 0 Å². The highest BCUT2D eigenvalue weighted by Crippen LogP contribution is 2.32. The van der Waals surface area contributed by atoms with Crippen LogP contribution in [0.3, 0.4) is 0 Å². The van der Waals surface area contributed by atoms with Gasteiger partial charge in [-0.05, 0) is 55.7 Å². The monoisotopic (exact) mass is 295 g/mol. The summed E-state index contributed by atoms with van der Waals surface area (Å²) in [5, 5.41) is 12.6. The number of hydrogen-bond donors (Lipinski definition) is 1. The second-order valence-electron chi connectivity index (χ2n) is 5.34. The normalized spacial score (nSPS) is 10.8. The summed E-state index contributed by atoms with van der Waals surface area (Å²) in [7, 11) is 0. The molecule has 0 saturated carbocycles. The lowest BCUT2D eigenvalue weighted by molar-refractivity contribution is 0.475. The maximum Gasteiger partial charge on any atom is 0.124 e. The van der Waals surface area contributed by atoms with Gasteiger partial charge in [0.25, 0.3) is 0 Å². The molecule has 0 aliphatic heterocycles. The first-order chi connectivity index (χ1) is 10.0. The summed E-state index contributed by atoms with van der Waals surface area (Å²) in [5.41, 5.74) is 6.96. The van der Waals surface area contributed by atoms with E-state index in [1.807, 2.05) is 12.1 Å². The molecule has 0 amide bonds. The maximum atomic E-state index is 9.59. The molecule has 0 aliphatic rings. The van der Waals surface area contributed by atoms with E-state index in [0.717, 1.165) is 16.3 Å². The van der Waals surface area contributed by atoms with E-state index in [1.54, 1.807) is 23.5 Å². The van der Waals surface area contributed by atoms with Crippen molar-refractivity contribution in [3.63, 3.8) is 0 Å². The van der Waals surface area contributed by atoms with E-state index < -0.39 is 0 Å². The van der Waals surface area contributed by atoms with Crippen LogP contribution in [0.15, 0.2) is 41.8 Å². The third kappa shape index (κ3) is 2.69. The molecule has 21 heavy (non-hydrogen) atoms. The third-order valence-corrected chi connectivity index (χ3v) is 4.61. The molecule has 0 atom stereocenters. The summed E-state index contributed by atoms with van der Waals surface area (Å²) in [6.07, 6.45) is 0. The van der Waals surface area contributed by atoms with Gasteiger partial charge < -0.3 is 5.11 Å². The number of aromatic hydroxyl groups is 1. The van der Waals surface area contributed by atoms with Crippen LogP contribution in [0, 0.1) is 20.8 Å². The molecule has 0 unspecified atom stereocenters. The smallest absolute Gasteiger partial charge is 0.124 e. The van der Waals surface area contributed by atoms with E-state index in [9.17, 15) is 5.11 Å². The molecule has 1 aromatic heterocycles. The molecule has 2 nitrogen and oxygen atoms in total. The van der Waals surface area contributed by atoms with Crippen molar-refractivity contribution in [2.24, 2.45) is 0 Å². The molecule has 2 aromatic carbocycles. The van der Waals surface area contributed by atoms with Gasteiger partial charge in [0.05, 0.1) is 5.69 Å². The highest BCUT2D eigenvalue weighted by atomic mass is 32.1. The molecular formula is C18H17NOS. The molecule has 0 bridgehead atoms. The molecule has 0 saturated heterocycles. The van der Waals surface area contributed by atoms with Crippen LogP contribution in [-0.2, 0) is 0 Å². The Bertz CT molecular complexity index is 805.